The molecule has 142 valence electrons. The van der Waals surface area contributed by atoms with Crippen LogP contribution in [-0.4, -0.2) is 49.4 Å². The number of carbonyl (C=O) groups is 2. The summed E-state index contributed by atoms with van der Waals surface area (Å²) in [5, 5.41) is 3.71. The molecule has 1 aliphatic rings. The summed E-state index contributed by atoms with van der Waals surface area (Å²) in [6.45, 7) is 5.10. The molecule has 0 unspecified atom stereocenters. The van der Waals surface area contributed by atoms with E-state index in [1.807, 2.05) is 53.4 Å². The van der Waals surface area contributed by atoms with Gasteiger partial charge in [0.15, 0.2) is 5.78 Å². The lowest BCUT2D eigenvalue weighted by Crippen LogP contribution is -2.52. The Morgan fingerprint density at radius 3 is 2.19 bits per heavy atom. The number of nitrogens with one attached hydrogen (secondary N) is 1. The summed E-state index contributed by atoms with van der Waals surface area (Å²) in [4.78, 5) is 27.8. The first-order valence-corrected chi connectivity index (χ1v) is 9.54. The molecule has 1 saturated heterocycles. The minimum atomic E-state index is -0.0180. The monoisotopic (exact) mass is 385 g/mol. The van der Waals surface area contributed by atoms with E-state index >= 15 is 0 Å². The maximum Gasteiger partial charge on any atom is 0.317 e. The quantitative estimate of drug-likeness (QED) is 0.800. The first-order valence-electron chi connectivity index (χ1n) is 9.16. The molecular weight excluding hydrogens is 362 g/mol. The van der Waals surface area contributed by atoms with Crippen molar-refractivity contribution in [3.63, 3.8) is 0 Å². The molecule has 2 amide bonds. The second-order valence-electron chi connectivity index (χ2n) is 6.69. The van der Waals surface area contributed by atoms with E-state index in [1.54, 1.807) is 6.92 Å². The lowest BCUT2D eigenvalue weighted by Gasteiger charge is -2.36. The number of benzene rings is 2. The third-order valence-electron chi connectivity index (χ3n) is 4.81. The molecule has 0 bridgehead atoms. The number of rotatable bonds is 5. The van der Waals surface area contributed by atoms with Gasteiger partial charge in [-0.15, -0.1) is 0 Å². The smallest absolute Gasteiger partial charge is 0.317 e. The van der Waals surface area contributed by atoms with E-state index in [-0.39, 0.29) is 11.8 Å². The van der Waals surface area contributed by atoms with Gasteiger partial charge in [0.25, 0.3) is 0 Å². The number of carbonyl (C=O) groups excluding carboxylic acids is 2. The molecule has 2 aromatic rings. The summed E-state index contributed by atoms with van der Waals surface area (Å²) in [6.07, 6.45) is 0.783. The van der Waals surface area contributed by atoms with E-state index in [9.17, 15) is 9.59 Å². The number of Topliss-reactive ketones (excluding diaryl/α,β-unsaturated/α-hetero) is 1. The average molecular weight is 386 g/mol. The molecule has 2 aromatic carbocycles. The zero-order chi connectivity index (χ0) is 19.2. The molecule has 0 aromatic heterocycles. The Hall–Kier alpha value is -2.53. The third kappa shape index (κ3) is 5.23. The first-order chi connectivity index (χ1) is 13.0. The van der Waals surface area contributed by atoms with Gasteiger partial charge in [0.1, 0.15) is 0 Å². The van der Waals surface area contributed by atoms with Crippen LogP contribution in [0.4, 0.5) is 10.5 Å². The predicted octanol–water partition coefficient (Wildman–Crippen LogP) is 3.62. The number of halogens is 1. The van der Waals surface area contributed by atoms with Crippen LogP contribution in [0.2, 0.25) is 5.02 Å². The summed E-state index contributed by atoms with van der Waals surface area (Å²) in [5.41, 5.74) is 2.96. The van der Waals surface area contributed by atoms with Gasteiger partial charge in [-0.2, -0.15) is 0 Å². The van der Waals surface area contributed by atoms with Gasteiger partial charge in [0, 0.05) is 49.0 Å². The van der Waals surface area contributed by atoms with Crippen molar-refractivity contribution in [1.29, 1.82) is 0 Å². The number of amides is 2. The number of anilines is 1. The normalized spacial score (nSPS) is 14.1. The van der Waals surface area contributed by atoms with Crippen molar-refractivity contribution in [1.82, 2.24) is 10.2 Å². The molecule has 1 aliphatic heterocycles. The molecule has 0 radical (unpaired) electrons. The molecule has 0 spiro atoms. The zero-order valence-electron chi connectivity index (χ0n) is 15.5. The van der Waals surface area contributed by atoms with Gasteiger partial charge in [-0.05, 0) is 55.3 Å². The molecule has 0 aliphatic carbocycles. The summed E-state index contributed by atoms with van der Waals surface area (Å²) in [5.74, 6) is 0.0710. The molecule has 27 heavy (non-hydrogen) atoms. The van der Waals surface area contributed by atoms with Crippen molar-refractivity contribution < 1.29 is 9.59 Å². The van der Waals surface area contributed by atoms with Gasteiger partial charge in [0.05, 0.1) is 0 Å². The molecule has 5 nitrogen and oxygen atoms in total. The maximum absolute atomic E-state index is 12.3. The lowest BCUT2D eigenvalue weighted by atomic mass is 10.1. The summed E-state index contributed by atoms with van der Waals surface area (Å²) in [6, 6.07) is 15.3. The number of hydrogen-bond donors (Lipinski definition) is 1. The van der Waals surface area contributed by atoms with Crippen LogP contribution in [0.5, 0.6) is 0 Å². The van der Waals surface area contributed by atoms with Gasteiger partial charge in [-0.25, -0.2) is 4.79 Å². The number of ketones is 1. The standard InChI is InChI=1S/C21H24ClN3O2/c1-16(26)18-4-8-20(9-5-18)24-12-14-25(15-13-24)21(27)23-11-10-17-2-6-19(22)7-3-17/h2-9H,10-15H2,1H3,(H,23,27). The van der Waals surface area contributed by atoms with Gasteiger partial charge < -0.3 is 15.1 Å². The zero-order valence-corrected chi connectivity index (χ0v) is 16.2. The molecule has 1 N–H and O–H groups in total. The van der Waals surface area contributed by atoms with Crippen LogP contribution in [-0.2, 0) is 6.42 Å². The van der Waals surface area contributed by atoms with E-state index in [1.165, 1.54) is 0 Å². The summed E-state index contributed by atoms with van der Waals surface area (Å²) >= 11 is 5.88. The second-order valence-corrected chi connectivity index (χ2v) is 7.12. The Bertz CT molecular complexity index is 782. The Balaban J connectivity index is 1.43. The van der Waals surface area contributed by atoms with Crippen LogP contribution in [0.25, 0.3) is 0 Å². The van der Waals surface area contributed by atoms with Crippen LogP contribution < -0.4 is 10.2 Å². The van der Waals surface area contributed by atoms with Crippen LogP contribution >= 0.6 is 11.6 Å². The van der Waals surface area contributed by atoms with Crippen LogP contribution in [0.3, 0.4) is 0 Å². The highest BCUT2D eigenvalue weighted by Gasteiger charge is 2.21. The van der Waals surface area contributed by atoms with Crippen molar-refractivity contribution in [3.8, 4) is 0 Å². The fraction of sp³-hybridized carbons (Fsp3) is 0.333. The minimum absolute atomic E-state index is 0.0180. The SMILES string of the molecule is CC(=O)c1ccc(N2CCN(C(=O)NCCc3ccc(Cl)cc3)CC2)cc1. The number of nitrogens with zero attached hydrogens (tertiary/aromatic N) is 2. The van der Waals surface area contributed by atoms with Crippen molar-refractivity contribution in [2.45, 2.75) is 13.3 Å². The predicted molar refractivity (Wildman–Crippen MR) is 109 cm³/mol. The van der Waals surface area contributed by atoms with Gasteiger partial charge in [-0.3, -0.25) is 4.79 Å². The fourth-order valence-electron chi connectivity index (χ4n) is 3.15. The van der Waals surface area contributed by atoms with Crippen LogP contribution in [0.15, 0.2) is 48.5 Å². The Morgan fingerprint density at radius 1 is 0.963 bits per heavy atom. The lowest BCUT2D eigenvalue weighted by molar-refractivity contribution is 0.101. The van der Waals surface area contributed by atoms with E-state index in [0.29, 0.717) is 19.6 Å². The second kappa shape index (κ2) is 8.91. The molecule has 0 atom stereocenters. The first kappa shape index (κ1) is 19.2. The van der Waals surface area contributed by atoms with Crippen molar-refractivity contribution in [2.24, 2.45) is 0 Å². The Kier molecular flexibility index (Phi) is 6.35. The topological polar surface area (TPSA) is 52.7 Å². The molecular formula is C21H24ClN3O2. The van der Waals surface area contributed by atoms with Crippen molar-refractivity contribution in [3.05, 3.63) is 64.7 Å². The van der Waals surface area contributed by atoms with E-state index in [2.05, 4.69) is 10.2 Å². The highest BCUT2D eigenvalue weighted by molar-refractivity contribution is 6.30. The summed E-state index contributed by atoms with van der Waals surface area (Å²) < 4.78 is 0. The minimum Gasteiger partial charge on any atom is -0.368 e. The molecule has 3 rings (SSSR count). The summed E-state index contributed by atoms with van der Waals surface area (Å²) in [7, 11) is 0. The average Bonchev–Trinajstić information content (AvgIpc) is 2.69. The van der Waals surface area contributed by atoms with E-state index in [4.69, 9.17) is 11.6 Å². The van der Waals surface area contributed by atoms with Crippen molar-refractivity contribution >= 4 is 29.1 Å². The number of piperazine rings is 1. The largest absolute Gasteiger partial charge is 0.368 e. The van der Waals surface area contributed by atoms with Gasteiger partial charge in [0.2, 0.25) is 0 Å². The number of urea groups is 1. The number of hydrogen-bond acceptors (Lipinski definition) is 3. The van der Waals surface area contributed by atoms with Crippen molar-refractivity contribution in [2.75, 3.05) is 37.6 Å². The molecule has 6 heteroatoms. The maximum atomic E-state index is 12.3. The van der Waals surface area contributed by atoms with Crippen LogP contribution in [0.1, 0.15) is 22.8 Å². The van der Waals surface area contributed by atoms with Gasteiger partial charge >= 0.3 is 6.03 Å². The van der Waals surface area contributed by atoms with E-state index in [0.717, 1.165) is 41.3 Å². The Labute approximate surface area is 164 Å². The fourth-order valence-corrected chi connectivity index (χ4v) is 3.28. The van der Waals surface area contributed by atoms with Gasteiger partial charge in [-0.1, -0.05) is 23.7 Å². The molecule has 1 fully saturated rings. The van der Waals surface area contributed by atoms with Crippen LogP contribution in [0, 0.1) is 0 Å². The third-order valence-corrected chi connectivity index (χ3v) is 5.06. The molecule has 1 heterocycles. The Morgan fingerprint density at radius 2 is 1.59 bits per heavy atom. The molecule has 0 saturated carbocycles. The highest BCUT2D eigenvalue weighted by Crippen LogP contribution is 2.17. The van der Waals surface area contributed by atoms with E-state index < -0.39 is 0 Å². The highest BCUT2D eigenvalue weighted by atomic mass is 35.5.